The molecule has 2 heterocycles. The van der Waals surface area contributed by atoms with Gasteiger partial charge < -0.3 is 10.6 Å². The highest BCUT2D eigenvalue weighted by atomic mass is 16.2. The number of hydrogen-bond acceptors (Lipinski definition) is 5. The minimum atomic E-state index is -0.241. The summed E-state index contributed by atoms with van der Waals surface area (Å²) in [6.45, 7) is 3.25. The monoisotopic (exact) mass is 378 g/mol. The molecule has 0 saturated heterocycles. The van der Waals surface area contributed by atoms with Crippen molar-refractivity contribution in [2.45, 2.75) is 39.0 Å². The predicted octanol–water partition coefficient (Wildman–Crippen LogP) is 4.40. The molecule has 1 saturated carbocycles. The second kappa shape index (κ2) is 9.70. The molecule has 1 aliphatic rings. The van der Waals surface area contributed by atoms with Gasteiger partial charge in [-0.1, -0.05) is 19.3 Å². The quantitative estimate of drug-likeness (QED) is 0.777. The summed E-state index contributed by atoms with van der Waals surface area (Å²) in [6.07, 6.45) is 10.7. The van der Waals surface area contributed by atoms with Crippen LogP contribution in [0.1, 0.15) is 44.6 Å². The van der Waals surface area contributed by atoms with Crippen LogP contribution in [0.4, 0.5) is 22.0 Å². The summed E-state index contributed by atoms with van der Waals surface area (Å²) in [6, 6.07) is 7.20. The molecule has 1 fully saturated rings. The number of pyridine rings is 2. The van der Waals surface area contributed by atoms with Crippen LogP contribution in [0.3, 0.4) is 0 Å². The molecule has 0 radical (unpaired) electrons. The number of anilines is 3. The number of aromatic nitrogens is 2. The van der Waals surface area contributed by atoms with E-state index in [1.165, 1.54) is 25.5 Å². The van der Waals surface area contributed by atoms with Gasteiger partial charge in [-0.05, 0) is 43.9 Å². The molecular formula is C21H26N6O. The Morgan fingerprint density at radius 2 is 2.14 bits per heavy atom. The minimum Gasteiger partial charge on any atom is -0.369 e. The van der Waals surface area contributed by atoms with Gasteiger partial charge in [0.25, 0.3) is 0 Å². The molecule has 0 unspecified atom stereocenters. The molecule has 7 nitrogen and oxygen atoms in total. The van der Waals surface area contributed by atoms with E-state index in [1.54, 1.807) is 35.5 Å². The zero-order chi connectivity index (χ0) is 19.8. The summed E-state index contributed by atoms with van der Waals surface area (Å²) >= 11 is 0. The van der Waals surface area contributed by atoms with Gasteiger partial charge in [0, 0.05) is 25.5 Å². The van der Waals surface area contributed by atoms with E-state index >= 15 is 0 Å². The van der Waals surface area contributed by atoms with Crippen molar-refractivity contribution >= 4 is 23.2 Å². The fourth-order valence-corrected chi connectivity index (χ4v) is 3.57. The first kappa shape index (κ1) is 19.6. The van der Waals surface area contributed by atoms with E-state index in [4.69, 9.17) is 0 Å². The normalized spacial score (nSPS) is 14.1. The fraction of sp³-hybridized carbons (Fsp3) is 0.429. The molecule has 2 aromatic heterocycles. The molecule has 0 atom stereocenters. The Hall–Kier alpha value is -3.14. The van der Waals surface area contributed by atoms with Crippen LogP contribution in [0.15, 0.2) is 36.8 Å². The van der Waals surface area contributed by atoms with Crippen LogP contribution in [-0.2, 0) is 0 Å². The maximum atomic E-state index is 13.2. The van der Waals surface area contributed by atoms with Gasteiger partial charge in [0.2, 0.25) is 0 Å². The van der Waals surface area contributed by atoms with Crippen molar-refractivity contribution in [3.63, 3.8) is 0 Å². The molecule has 146 valence electrons. The minimum absolute atomic E-state index is 0.241. The number of nitrogens with zero attached hydrogens (tertiary/aromatic N) is 4. The van der Waals surface area contributed by atoms with Crippen molar-refractivity contribution in [1.82, 2.24) is 9.97 Å². The lowest BCUT2D eigenvalue weighted by Gasteiger charge is -2.31. The van der Waals surface area contributed by atoms with Gasteiger partial charge in [0.1, 0.15) is 11.9 Å². The lowest BCUT2D eigenvalue weighted by molar-refractivity contribution is 0.254. The first-order valence-corrected chi connectivity index (χ1v) is 9.83. The molecule has 2 aromatic rings. The van der Waals surface area contributed by atoms with E-state index in [-0.39, 0.29) is 6.03 Å². The first-order chi connectivity index (χ1) is 13.7. The number of amides is 2. The molecule has 1 aliphatic carbocycles. The van der Waals surface area contributed by atoms with Crippen LogP contribution in [0, 0.1) is 17.2 Å². The van der Waals surface area contributed by atoms with Crippen LogP contribution in [-0.4, -0.2) is 29.1 Å². The van der Waals surface area contributed by atoms with Gasteiger partial charge in [0.05, 0.1) is 23.1 Å². The third kappa shape index (κ3) is 4.97. The summed E-state index contributed by atoms with van der Waals surface area (Å²) in [5.74, 6) is 1.05. The van der Waals surface area contributed by atoms with Crippen molar-refractivity contribution < 1.29 is 4.79 Å². The number of carbonyl (C=O) groups excluding carboxylic acids is 1. The number of hydrogen-bond donors (Lipinski definition) is 2. The molecule has 2 N–H and O–H groups in total. The number of carbonyl (C=O) groups is 1. The summed E-state index contributed by atoms with van der Waals surface area (Å²) < 4.78 is 0. The molecule has 3 rings (SSSR count). The third-order valence-electron chi connectivity index (χ3n) is 4.96. The average Bonchev–Trinajstić information content (AvgIpc) is 2.74. The van der Waals surface area contributed by atoms with Crippen molar-refractivity contribution in [1.29, 1.82) is 5.26 Å². The maximum absolute atomic E-state index is 13.2. The van der Waals surface area contributed by atoms with Crippen molar-refractivity contribution in [2.24, 2.45) is 5.92 Å². The lowest BCUT2D eigenvalue weighted by Crippen LogP contribution is -2.39. The summed E-state index contributed by atoms with van der Waals surface area (Å²) in [4.78, 5) is 23.3. The fourth-order valence-electron chi connectivity index (χ4n) is 3.57. The zero-order valence-corrected chi connectivity index (χ0v) is 16.2. The van der Waals surface area contributed by atoms with Crippen LogP contribution in [0.2, 0.25) is 0 Å². The van der Waals surface area contributed by atoms with Gasteiger partial charge in [-0.15, -0.1) is 0 Å². The zero-order valence-electron chi connectivity index (χ0n) is 16.2. The third-order valence-corrected chi connectivity index (χ3v) is 4.96. The second-order valence-electron chi connectivity index (χ2n) is 7.02. The van der Waals surface area contributed by atoms with E-state index in [0.717, 1.165) is 12.8 Å². The van der Waals surface area contributed by atoms with Crippen molar-refractivity contribution in [3.05, 3.63) is 42.4 Å². The standard InChI is InChI=1S/C21H26N6O/c1-2-24-20-19(11-17(12-22)13-25-20)27(15-16-7-4-3-5-8-16)21(28)26-18-9-6-10-23-14-18/h6,9-11,13-14,16H,2-5,7-8,15H2,1H3,(H,24,25)(H,26,28). The smallest absolute Gasteiger partial charge is 0.326 e. The number of nitrogens with one attached hydrogen (secondary N) is 2. The van der Waals surface area contributed by atoms with Crippen molar-refractivity contribution in [2.75, 3.05) is 28.6 Å². The number of nitriles is 1. The van der Waals surface area contributed by atoms with Crippen LogP contribution in [0.5, 0.6) is 0 Å². The molecule has 28 heavy (non-hydrogen) atoms. The van der Waals surface area contributed by atoms with Gasteiger partial charge in [0.15, 0.2) is 0 Å². The molecular weight excluding hydrogens is 352 g/mol. The number of urea groups is 1. The Kier molecular flexibility index (Phi) is 6.79. The Morgan fingerprint density at radius 3 is 2.82 bits per heavy atom. The Morgan fingerprint density at radius 1 is 1.32 bits per heavy atom. The molecule has 0 spiro atoms. The number of rotatable bonds is 6. The highest BCUT2D eigenvalue weighted by Crippen LogP contribution is 2.30. The van der Waals surface area contributed by atoms with E-state index in [9.17, 15) is 10.1 Å². The Labute approximate surface area is 165 Å². The van der Waals surface area contributed by atoms with Gasteiger partial charge in [-0.2, -0.15) is 5.26 Å². The Bertz CT molecular complexity index is 827. The molecule has 0 bridgehead atoms. The molecule has 0 aliphatic heterocycles. The van der Waals surface area contributed by atoms with Gasteiger partial charge >= 0.3 is 6.03 Å². The summed E-state index contributed by atoms with van der Waals surface area (Å²) in [5, 5.41) is 15.5. The molecule has 7 heteroatoms. The topological polar surface area (TPSA) is 93.9 Å². The van der Waals surface area contributed by atoms with E-state index in [1.807, 2.05) is 6.92 Å². The van der Waals surface area contributed by atoms with Crippen molar-refractivity contribution in [3.8, 4) is 6.07 Å². The molecule has 2 amide bonds. The highest BCUT2D eigenvalue weighted by molar-refractivity contribution is 6.03. The first-order valence-electron chi connectivity index (χ1n) is 9.83. The highest BCUT2D eigenvalue weighted by Gasteiger charge is 2.25. The van der Waals surface area contributed by atoms with Crippen LogP contribution >= 0.6 is 0 Å². The summed E-state index contributed by atoms with van der Waals surface area (Å²) in [7, 11) is 0. The predicted molar refractivity (Wildman–Crippen MR) is 110 cm³/mol. The SMILES string of the molecule is CCNc1ncc(C#N)cc1N(CC1CCCCC1)C(=O)Nc1cccnc1. The maximum Gasteiger partial charge on any atom is 0.326 e. The van der Waals surface area contributed by atoms with E-state index < -0.39 is 0 Å². The van der Waals surface area contributed by atoms with Crippen LogP contribution < -0.4 is 15.5 Å². The lowest BCUT2D eigenvalue weighted by atomic mass is 9.89. The second-order valence-corrected chi connectivity index (χ2v) is 7.02. The Balaban J connectivity index is 1.93. The van der Waals surface area contributed by atoms with Gasteiger partial charge in [-0.25, -0.2) is 9.78 Å². The molecule has 0 aromatic carbocycles. The average molecular weight is 378 g/mol. The van der Waals surface area contributed by atoms with E-state index in [2.05, 4.69) is 26.7 Å². The van der Waals surface area contributed by atoms with Crippen LogP contribution in [0.25, 0.3) is 0 Å². The summed E-state index contributed by atoms with van der Waals surface area (Å²) in [5.41, 5.74) is 1.70. The van der Waals surface area contributed by atoms with Gasteiger partial charge in [-0.3, -0.25) is 9.88 Å². The largest absolute Gasteiger partial charge is 0.369 e. The van der Waals surface area contributed by atoms with E-state index in [0.29, 0.717) is 41.8 Å².